The largest absolute Gasteiger partial charge is 0.257 e. The maximum Gasteiger partial charge on any atom is 0.0630 e. The summed E-state index contributed by atoms with van der Waals surface area (Å²) < 4.78 is 0. The normalized spacial score (nSPS) is 18.9. The van der Waals surface area contributed by atoms with E-state index in [1.807, 2.05) is 12.3 Å². The van der Waals surface area contributed by atoms with E-state index in [-0.39, 0.29) is 7.92 Å². The molecule has 0 spiro atoms. The summed E-state index contributed by atoms with van der Waals surface area (Å²) in [6.45, 7) is 0. The van der Waals surface area contributed by atoms with Crippen LogP contribution in [0, 0.1) is 0 Å². The molecule has 1 fully saturated rings. The molecule has 0 amide bonds. The fraction of sp³-hybridized carbons (Fsp3) is 0.444. The topological polar surface area (TPSA) is 12.9 Å². The van der Waals surface area contributed by atoms with Crippen LogP contribution in [0.2, 0.25) is 0 Å². The first-order valence-corrected chi connectivity index (χ1v) is 5.84. The maximum absolute atomic E-state index is 4.39. The van der Waals surface area contributed by atoms with Crippen molar-refractivity contribution in [1.29, 1.82) is 0 Å². The minimum Gasteiger partial charge on any atom is -0.257 e. The molecule has 1 aliphatic rings. The van der Waals surface area contributed by atoms with Crippen LogP contribution in [0.5, 0.6) is 0 Å². The lowest BCUT2D eigenvalue weighted by Gasteiger charge is -2.06. The summed E-state index contributed by atoms with van der Waals surface area (Å²) >= 11 is 0. The summed E-state index contributed by atoms with van der Waals surface area (Å²) in [7, 11) is 0.149. The monoisotopic (exact) mass is 165 g/mol. The quantitative estimate of drug-likeness (QED) is 0.580. The van der Waals surface area contributed by atoms with Gasteiger partial charge in [0.1, 0.15) is 0 Å². The van der Waals surface area contributed by atoms with Crippen molar-refractivity contribution in [1.82, 2.24) is 4.98 Å². The van der Waals surface area contributed by atoms with Crippen molar-refractivity contribution in [3.05, 3.63) is 24.4 Å². The van der Waals surface area contributed by atoms with E-state index in [9.17, 15) is 0 Å². The molecule has 0 atom stereocenters. The van der Waals surface area contributed by atoms with Gasteiger partial charge in [-0.25, -0.2) is 0 Å². The van der Waals surface area contributed by atoms with Crippen molar-refractivity contribution in [2.24, 2.45) is 0 Å². The highest BCUT2D eigenvalue weighted by Crippen LogP contribution is 2.41. The summed E-state index contributed by atoms with van der Waals surface area (Å²) in [5.74, 6) is 0. The van der Waals surface area contributed by atoms with Crippen LogP contribution in [0.4, 0.5) is 0 Å². The average Bonchev–Trinajstić information content (AvgIpc) is 2.58. The summed E-state index contributed by atoms with van der Waals surface area (Å²) in [6.07, 6.45) is 7.57. The molecule has 0 aromatic carbocycles. The molecule has 0 aliphatic carbocycles. The van der Waals surface area contributed by atoms with Gasteiger partial charge in [-0.1, -0.05) is 14.0 Å². The Hall–Kier alpha value is -0.420. The third-order valence-corrected chi connectivity index (χ3v) is 4.70. The van der Waals surface area contributed by atoms with Gasteiger partial charge in [0, 0.05) is 6.20 Å². The van der Waals surface area contributed by atoms with Crippen LogP contribution in [0.25, 0.3) is 0 Å². The predicted molar refractivity (Wildman–Crippen MR) is 49.8 cm³/mol. The van der Waals surface area contributed by atoms with Crippen molar-refractivity contribution in [2.45, 2.75) is 12.8 Å². The van der Waals surface area contributed by atoms with Gasteiger partial charge in [-0.15, -0.1) is 0 Å². The molecular formula is C9H12NP. The molecule has 1 nitrogen and oxygen atoms in total. The van der Waals surface area contributed by atoms with Crippen LogP contribution in [-0.2, 0) is 0 Å². The summed E-state index contributed by atoms with van der Waals surface area (Å²) in [5, 5.41) is 0. The first-order valence-electron chi connectivity index (χ1n) is 4.13. The second kappa shape index (κ2) is 3.32. The molecular weight excluding hydrogens is 153 g/mol. The van der Waals surface area contributed by atoms with Gasteiger partial charge in [-0.3, -0.25) is 4.98 Å². The van der Waals surface area contributed by atoms with Crippen LogP contribution in [0.1, 0.15) is 12.8 Å². The lowest BCUT2D eigenvalue weighted by atomic mass is 10.4. The molecule has 0 saturated carbocycles. The Morgan fingerprint density at radius 2 is 2.00 bits per heavy atom. The highest BCUT2D eigenvalue weighted by molar-refractivity contribution is 7.65. The molecule has 1 aliphatic heterocycles. The Bertz CT molecular complexity index is 216. The standard InChI is InChI=1S/C9H12NP/c1-2-6-10-9(5-1)11-7-3-4-8-11/h1-2,5-6H,3-4,7-8H2. The highest BCUT2D eigenvalue weighted by Gasteiger charge is 2.16. The summed E-state index contributed by atoms with van der Waals surface area (Å²) in [6, 6.07) is 6.27. The number of pyridine rings is 1. The third-order valence-electron chi connectivity index (χ3n) is 2.08. The maximum atomic E-state index is 4.39. The lowest BCUT2D eigenvalue weighted by Crippen LogP contribution is -2.05. The SMILES string of the molecule is c1ccc(P2CCCC2)nc1. The smallest absolute Gasteiger partial charge is 0.0630 e. The van der Waals surface area contributed by atoms with Crippen molar-refractivity contribution in [3.8, 4) is 0 Å². The molecule has 11 heavy (non-hydrogen) atoms. The zero-order valence-corrected chi connectivity index (χ0v) is 7.43. The van der Waals surface area contributed by atoms with E-state index in [0.717, 1.165) is 0 Å². The van der Waals surface area contributed by atoms with Crippen LogP contribution < -0.4 is 5.44 Å². The van der Waals surface area contributed by atoms with Crippen molar-refractivity contribution in [2.75, 3.05) is 12.3 Å². The van der Waals surface area contributed by atoms with Crippen LogP contribution in [-0.4, -0.2) is 17.3 Å². The van der Waals surface area contributed by atoms with Crippen molar-refractivity contribution in [3.63, 3.8) is 0 Å². The predicted octanol–water partition coefficient (Wildman–Crippen LogP) is 1.98. The first-order chi connectivity index (χ1) is 5.47. The molecule has 0 unspecified atom stereocenters. The number of aromatic nitrogens is 1. The van der Waals surface area contributed by atoms with Gasteiger partial charge in [0.2, 0.25) is 0 Å². The Balaban J connectivity index is 2.16. The summed E-state index contributed by atoms with van der Waals surface area (Å²) in [5.41, 5.74) is 1.36. The Morgan fingerprint density at radius 1 is 1.18 bits per heavy atom. The number of nitrogens with zero attached hydrogens (tertiary/aromatic N) is 1. The molecule has 58 valence electrons. The van der Waals surface area contributed by atoms with Crippen LogP contribution >= 0.6 is 7.92 Å². The minimum atomic E-state index is 0.149. The third kappa shape index (κ3) is 1.59. The van der Waals surface area contributed by atoms with Crippen molar-refractivity contribution >= 4 is 13.4 Å². The number of rotatable bonds is 1. The second-order valence-electron chi connectivity index (χ2n) is 2.88. The van der Waals surface area contributed by atoms with Crippen molar-refractivity contribution < 1.29 is 0 Å². The molecule has 2 rings (SSSR count). The van der Waals surface area contributed by atoms with E-state index in [0.29, 0.717) is 0 Å². The molecule has 2 heteroatoms. The molecule has 1 saturated heterocycles. The van der Waals surface area contributed by atoms with Gasteiger partial charge in [0.05, 0.1) is 5.44 Å². The highest BCUT2D eigenvalue weighted by atomic mass is 31.1. The average molecular weight is 165 g/mol. The van der Waals surface area contributed by atoms with Gasteiger partial charge in [-0.05, 0) is 37.3 Å². The number of hydrogen-bond acceptors (Lipinski definition) is 1. The first kappa shape index (κ1) is 7.24. The Kier molecular flexibility index (Phi) is 2.18. The van der Waals surface area contributed by atoms with Gasteiger partial charge < -0.3 is 0 Å². The van der Waals surface area contributed by atoms with Gasteiger partial charge in [0.15, 0.2) is 0 Å². The summed E-state index contributed by atoms with van der Waals surface area (Å²) in [4.78, 5) is 4.39. The van der Waals surface area contributed by atoms with E-state index in [4.69, 9.17) is 0 Å². The molecule has 0 radical (unpaired) electrons. The van der Waals surface area contributed by atoms with Crippen LogP contribution in [0.15, 0.2) is 24.4 Å². The number of hydrogen-bond donors (Lipinski definition) is 0. The lowest BCUT2D eigenvalue weighted by molar-refractivity contribution is 0.949. The molecule has 1 aromatic heterocycles. The zero-order chi connectivity index (χ0) is 7.52. The van der Waals surface area contributed by atoms with Gasteiger partial charge >= 0.3 is 0 Å². The van der Waals surface area contributed by atoms with E-state index in [1.54, 1.807) is 0 Å². The molecule has 1 aromatic rings. The van der Waals surface area contributed by atoms with Crippen LogP contribution in [0.3, 0.4) is 0 Å². The molecule has 0 N–H and O–H groups in total. The molecule has 0 bridgehead atoms. The fourth-order valence-corrected chi connectivity index (χ4v) is 3.91. The zero-order valence-electron chi connectivity index (χ0n) is 6.53. The van der Waals surface area contributed by atoms with Gasteiger partial charge in [0.25, 0.3) is 0 Å². The Morgan fingerprint density at radius 3 is 2.64 bits per heavy atom. The van der Waals surface area contributed by atoms with Gasteiger partial charge in [-0.2, -0.15) is 0 Å². The van der Waals surface area contributed by atoms with E-state index in [2.05, 4.69) is 17.1 Å². The minimum absolute atomic E-state index is 0.149. The molecule has 2 heterocycles. The van der Waals surface area contributed by atoms with E-state index in [1.165, 1.54) is 30.6 Å². The fourth-order valence-electron chi connectivity index (χ4n) is 1.49. The Labute approximate surface area is 68.6 Å². The van der Waals surface area contributed by atoms with E-state index >= 15 is 0 Å². The second-order valence-corrected chi connectivity index (χ2v) is 5.31. The van der Waals surface area contributed by atoms with E-state index < -0.39 is 0 Å².